The Morgan fingerprint density at radius 3 is 1.60 bits per heavy atom. The Bertz CT molecular complexity index is 996. The molecule has 0 amide bonds. The topological polar surface area (TPSA) is 0 Å². The molecular formula is C26H29F3N+. The molecule has 0 aromatic heterocycles. The first kappa shape index (κ1) is 22.1. The third kappa shape index (κ3) is 4.76. The van der Waals surface area contributed by atoms with Gasteiger partial charge >= 0.3 is 6.18 Å². The van der Waals surface area contributed by atoms with Gasteiger partial charge in [0.15, 0.2) is 0 Å². The van der Waals surface area contributed by atoms with Crippen LogP contribution in [-0.4, -0.2) is 38.3 Å². The molecule has 1 nitrogen and oxygen atoms in total. The summed E-state index contributed by atoms with van der Waals surface area (Å²) in [6.45, 7) is 3.32. The standard InChI is InChI=1S/C26H29F3N/c1-19-9-11-20(12-10-19)22-7-6-8-23(17-22)21-13-15-24(16-14-21)25(2,26(27,28)29)18-30(3,4)5/h6-17H,18H2,1-5H3/q+1. The Hall–Kier alpha value is -2.59. The van der Waals surface area contributed by atoms with Gasteiger partial charge in [-0.15, -0.1) is 0 Å². The number of hydrogen-bond donors (Lipinski definition) is 0. The molecule has 0 aliphatic rings. The molecule has 0 spiro atoms. The first-order valence-corrected chi connectivity index (χ1v) is 10.0. The van der Waals surface area contributed by atoms with Crippen LogP contribution in [0.4, 0.5) is 13.2 Å². The van der Waals surface area contributed by atoms with Crippen molar-refractivity contribution in [2.45, 2.75) is 25.4 Å². The van der Waals surface area contributed by atoms with Gasteiger partial charge in [-0.25, -0.2) is 0 Å². The van der Waals surface area contributed by atoms with Gasteiger partial charge in [-0.2, -0.15) is 13.2 Å². The van der Waals surface area contributed by atoms with E-state index in [1.807, 2.05) is 18.2 Å². The molecule has 0 heterocycles. The fourth-order valence-electron chi connectivity index (χ4n) is 3.95. The molecule has 0 bridgehead atoms. The molecule has 0 radical (unpaired) electrons. The van der Waals surface area contributed by atoms with E-state index in [4.69, 9.17) is 0 Å². The van der Waals surface area contributed by atoms with Crippen molar-refractivity contribution >= 4 is 0 Å². The van der Waals surface area contributed by atoms with Gasteiger partial charge in [0, 0.05) is 0 Å². The molecule has 0 N–H and O–H groups in total. The monoisotopic (exact) mass is 412 g/mol. The average molecular weight is 413 g/mol. The lowest BCUT2D eigenvalue weighted by Gasteiger charge is -2.38. The maximum absolute atomic E-state index is 14.0. The van der Waals surface area contributed by atoms with Gasteiger partial charge in [0.2, 0.25) is 0 Å². The molecule has 3 rings (SSSR count). The third-order valence-electron chi connectivity index (χ3n) is 5.52. The summed E-state index contributed by atoms with van der Waals surface area (Å²) < 4.78 is 42.2. The summed E-state index contributed by atoms with van der Waals surface area (Å²) in [7, 11) is 5.36. The van der Waals surface area contributed by atoms with Gasteiger partial charge in [0.25, 0.3) is 0 Å². The minimum Gasteiger partial charge on any atom is -0.330 e. The van der Waals surface area contributed by atoms with E-state index < -0.39 is 11.6 Å². The van der Waals surface area contributed by atoms with Gasteiger partial charge in [0.1, 0.15) is 5.41 Å². The lowest BCUT2D eigenvalue weighted by Crippen LogP contribution is -2.53. The maximum atomic E-state index is 14.0. The van der Waals surface area contributed by atoms with Crippen LogP contribution in [0.25, 0.3) is 22.3 Å². The number of hydrogen-bond acceptors (Lipinski definition) is 0. The van der Waals surface area contributed by atoms with Crippen molar-refractivity contribution in [2.75, 3.05) is 27.7 Å². The van der Waals surface area contributed by atoms with Crippen LogP contribution in [0.2, 0.25) is 0 Å². The summed E-state index contributed by atoms with van der Waals surface area (Å²) >= 11 is 0. The molecule has 30 heavy (non-hydrogen) atoms. The zero-order valence-corrected chi connectivity index (χ0v) is 18.2. The Kier molecular flexibility index (Phi) is 5.83. The van der Waals surface area contributed by atoms with Crippen LogP contribution in [0.1, 0.15) is 18.1 Å². The second-order valence-electron chi connectivity index (χ2n) is 9.30. The van der Waals surface area contributed by atoms with Crippen molar-refractivity contribution in [1.29, 1.82) is 0 Å². The number of aryl methyl sites for hydroxylation is 1. The van der Waals surface area contributed by atoms with Gasteiger partial charge in [0.05, 0.1) is 27.7 Å². The molecule has 0 saturated carbocycles. The van der Waals surface area contributed by atoms with Crippen molar-refractivity contribution in [3.8, 4) is 22.3 Å². The van der Waals surface area contributed by atoms with E-state index in [9.17, 15) is 13.2 Å². The van der Waals surface area contributed by atoms with Gasteiger partial charge in [-0.3, -0.25) is 0 Å². The number of benzene rings is 3. The molecule has 1 atom stereocenters. The highest BCUT2D eigenvalue weighted by Gasteiger charge is 2.55. The summed E-state index contributed by atoms with van der Waals surface area (Å²) in [5, 5.41) is 0. The molecule has 3 aromatic rings. The first-order valence-electron chi connectivity index (χ1n) is 10.0. The predicted octanol–water partition coefficient (Wildman–Crippen LogP) is 6.86. The lowest BCUT2D eigenvalue weighted by molar-refractivity contribution is -0.876. The zero-order chi connectivity index (χ0) is 22.2. The van der Waals surface area contributed by atoms with Crippen LogP contribution in [-0.2, 0) is 5.41 Å². The van der Waals surface area contributed by atoms with E-state index >= 15 is 0 Å². The van der Waals surface area contributed by atoms with E-state index in [1.165, 1.54) is 12.5 Å². The van der Waals surface area contributed by atoms with Gasteiger partial charge in [-0.05, 0) is 47.7 Å². The summed E-state index contributed by atoms with van der Waals surface area (Å²) in [6, 6.07) is 23.2. The van der Waals surface area contributed by atoms with Crippen LogP contribution in [0.5, 0.6) is 0 Å². The largest absolute Gasteiger partial charge is 0.403 e. The highest BCUT2D eigenvalue weighted by Crippen LogP contribution is 2.42. The highest BCUT2D eigenvalue weighted by atomic mass is 19.4. The normalized spacial score (nSPS) is 14.4. The first-order chi connectivity index (χ1) is 13.9. The fraction of sp³-hybridized carbons (Fsp3) is 0.308. The Morgan fingerprint density at radius 1 is 0.700 bits per heavy atom. The lowest BCUT2D eigenvalue weighted by atomic mass is 9.80. The Labute approximate surface area is 177 Å². The second kappa shape index (κ2) is 7.92. The zero-order valence-electron chi connectivity index (χ0n) is 18.2. The Balaban J connectivity index is 1.95. The SMILES string of the molecule is Cc1ccc(-c2cccc(-c3ccc(C(C)(C[N+](C)(C)C)C(F)(F)F)cc3)c2)cc1. The quantitative estimate of drug-likeness (QED) is 0.402. The van der Waals surface area contributed by atoms with E-state index in [1.54, 1.807) is 45.4 Å². The molecule has 3 aromatic carbocycles. The maximum Gasteiger partial charge on any atom is 0.403 e. The Morgan fingerprint density at radius 2 is 1.17 bits per heavy atom. The van der Waals surface area contributed by atoms with Crippen LogP contribution in [0, 0.1) is 6.92 Å². The molecule has 0 fully saturated rings. The molecule has 0 saturated heterocycles. The number of likely N-dealkylation sites (N-methyl/N-ethyl adjacent to an activating group) is 1. The number of halogens is 3. The second-order valence-corrected chi connectivity index (χ2v) is 9.30. The van der Waals surface area contributed by atoms with Crippen molar-refractivity contribution in [3.63, 3.8) is 0 Å². The number of nitrogens with zero attached hydrogens (tertiary/aromatic N) is 1. The highest BCUT2D eigenvalue weighted by molar-refractivity contribution is 5.73. The van der Waals surface area contributed by atoms with Crippen LogP contribution in [0.3, 0.4) is 0 Å². The van der Waals surface area contributed by atoms with Crippen LogP contribution >= 0.6 is 0 Å². The summed E-state index contributed by atoms with van der Waals surface area (Å²) in [5.41, 5.74) is 3.68. The molecular weight excluding hydrogens is 383 g/mol. The van der Waals surface area contributed by atoms with Crippen molar-refractivity contribution < 1.29 is 17.7 Å². The molecule has 158 valence electrons. The van der Waals surface area contributed by atoms with Crippen molar-refractivity contribution in [2.24, 2.45) is 0 Å². The predicted molar refractivity (Wildman–Crippen MR) is 118 cm³/mol. The summed E-state index contributed by atoms with van der Waals surface area (Å²) in [6.07, 6.45) is -4.33. The molecule has 0 aliphatic carbocycles. The van der Waals surface area contributed by atoms with Crippen molar-refractivity contribution in [3.05, 3.63) is 83.9 Å². The number of rotatable bonds is 5. The van der Waals surface area contributed by atoms with Gasteiger partial charge < -0.3 is 4.48 Å². The number of quaternary nitrogens is 1. The third-order valence-corrected chi connectivity index (χ3v) is 5.52. The fourth-order valence-corrected chi connectivity index (χ4v) is 3.95. The number of alkyl halides is 3. The van der Waals surface area contributed by atoms with E-state index in [-0.39, 0.29) is 11.0 Å². The van der Waals surface area contributed by atoms with Crippen LogP contribution in [0.15, 0.2) is 72.8 Å². The van der Waals surface area contributed by atoms with Gasteiger partial charge in [-0.1, -0.05) is 72.3 Å². The minimum atomic E-state index is -4.33. The summed E-state index contributed by atoms with van der Waals surface area (Å²) in [4.78, 5) is 0. The molecule has 0 aliphatic heterocycles. The average Bonchev–Trinajstić information content (AvgIpc) is 2.66. The van der Waals surface area contributed by atoms with Crippen LogP contribution < -0.4 is 0 Å². The molecule has 1 unspecified atom stereocenters. The molecule has 4 heteroatoms. The van der Waals surface area contributed by atoms with Crippen molar-refractivity contribution in [1.82, 2.24) is 0 Å². The smallest absolute Gasteiger partial charge is 0.330 e. The van der Waals surface area contributed by atoms with E-state index in [0.29, 0.717) is 5.56 Å². The minimum absolute atomic E-state index is 0.0290. The summed E-state index contributed by atoms with van der Waals surface area (Å²) in [5.74, 6) is 0. The van der Waals surface area contributed by atoms with E-state index in [0.717, 1.165) is 22.3 Å². The van der Waals surface area contributed by atoms with E-state index in [2.05, 4.69) is 37.3 Å².